The minimum Gasteiger partial charge on any atom is -0.492 e. The fourth-order valence-corrected chi connectivity index (χ4v) is 5.64. The van der Waals surface area contributed by atoms with E-state index in [2.05, 4.69) is 10.3 Å². The summed E-state index contributed by atoms with van der Waals surface area (Å²) < 4.78 is 134. The molecular formula is C34H31F9N4O5. The van der Waals surface area contributed by atoms with E-state index in [1.165, 1.54) is 12.3 Å². The lowest BCUT2D eigenvalue weighted by Crippen LogP contribution is -2.46. The van der Waals surface area contributed by atoms with E-state index >= 15 is 0 Å². The molecule has 4 rings (SSSR count). The molecule has 1 aliphatic rings. The van der Waals surface area contributed by atoms with Crippen LogP contribution >= 0.6 is 0 Å². The van der Waals surface area contributed by atoms with E-state index in [1.54, 1.807) is 6.92 Å². The maximum absolute atomic E-state index is 13.9. The van der Waals surface area contributed by atoms with Crippen molar-refractivity contribution < 1.29 is 63.7 Å². The monoisotopic (exact) mass is 746 g/mol. The van der Waals surface area contributed by atoms with Gasteiger partial charge in [0.2, 0.25) is 0 Å². The van der Waals surface area contributed by atoms with E-state index in [0.717, 1.165) is 23.1 Å². The molecular weight excluding hydrogens is 715 g/mol. The van der Waals surface area contributed by atoms with Crippen molar-refractivity contribution in [1.82, 2.24) is 4.98 Å². The topological polar surface area (TPSA) is 125 Å². The molecule has 2 atom stereocenters. The number of carboxylic acids is 1. The van der Waals surface area contributed by atoms with Crippen LogP contribution in [0.3, 0.4) is 0 Å². The number of rotatable bonds is 12. The summed E-state index contributed by atoms with van der Waals surface area (Å²) in [5.74, 6) is -1.29. The van der Waals surface area contributed by atoms with Gasteiger partial charge in [0.05, 0.1) is 53.7 Å². The Labute approximate surface area is 290 Å². The number of carbonyl (C=O) groups is 2. The number of carbonyl (C=O) groups excluding carboxylic acids is 1. The number of nitrogens with zero attached hydrogens (tertiary/aromatic N) is 3. The molecule has 9 nitrogen and oxygen atoms in total. The van der Waals surface area contributed by atoms with E-state index < -0.39 is 84.4 Å². The number of nitrogens with one attached hydrogen (secondary N) is 1. The number of unbranched alkanes of at least 4 members (excludes halogenated alkanes) is 1. The molecule has 52 heavy (non-hydrogen) atoms. The lowest BCUT2D eigenvalue weighted by molar-refractivity contribution is -0.143. The van der Waals surface area contributed by atoms with Gasteiger partial charge in [0.1, 0.15) is 18.2 Å². The van der Waals surface area contributed by atoms with Gasteiger partial charge in [-0.2, -0.15) is 44.8 Å². The van der Waals surface area contributed by atoms with Crippen molar-refractivity contribution in [2.45, 2.75) is 76.1 Å². The Kier molecular flexibility index (Phi) is 12.2. The van der Waals surface area contributed by atoms with Gasteiger partial charge in [-0.3, -0.25) is 9.69 Å². The Bertz CT molecular complexity index is 1770. The molecule has 2 heterocycles. The highest BCUT2D eigenvalue weighted by molar-refractivity contribution is 5.90. The number of anilines is 2. The van der Waals surface area contributed by atoms with E-state index in [4.69, 9.17) is 19.8 Å². The van der Waals surface area contributed by atoms with E-state index in [9.17, 15) is 49.1 Å². The second-order valence-corrected chi connectivity index (χ2v) is 11.8. The molecule has 0 saturated carbocycles. The summed E-state index contributed by atoms with van der Waals surface area (Å²) in [6, 6.07) is 5.16. The number of alkyl halides is 9. The van der Waals surface area contributed by atoms with Gasteiger partial charge in [-0.15, -0.1) is 0 Å². The second-order valence-electron chi connectivity index (χ2n) is 11.8. The Balaban J connectivity index is 1.80. The van der Waals surface area contributed by atoms with Crippen molar-refractivity contribution in [2.24, 2.45) is 0 Å². The smallest absolute Gasteiger partial charge is 0.416 e. The molecule has 18 heteroatoms. The first-order valence-corrected chi connectivity index (χ1v) is 15.7. The van der Waals surface area contributed by atoms with Crippen molar-refractivity contribution in [1.29, 1.82) is 5.26 Å². The van der Waals surface area contributed by atoms with Gasteiger partial charge >= 0.3 is 30.6 Å². The Morgan fingerprint density at radius 2 is 1.62 bits per heavy atom. The summed E-state index contributed by atoms with van der Waals surface area (Å²) in [5.41, 5.74) is -4.61. The van der Waals surface area contributed by atoms with Crippen LogP contribution in [0.1, 0.15) is 78.5 Å². The van der Waals surface area contributed by atoms with Crippen LogP contribution in [0, 0.1) is 11.3 Å². The average molecular weight is 747 g/mol. The number of hydrogen-bond acceptors (Lipinski definition) is 7. The van der Waals surface area contributed by atoms with Crippen molar-refractivity contribution in [2.75, 3.05) is 23.4 Å². The van der Waals surface area contributed by atoms with Crippen LogP contribution < -0.4 is 15.0 Å². The van der Waals surface area contributed by atoms with Crippen molar-refractivity contribution in [3.8, 4) is 11.8 Å². The van der Waals surface area contributed by atoms with Crippen LogP contribution in [-0.2, 0) is 34.5 Å². The van der Waals surface area contributed by atoms with Gasteiger partial charge in [-0.05, 0) is 72.9 Å². The highest BCUT2D eigenvalue weighted by Gasteiger charge is 2.40. The minimum atomic E-state index is -5.13. The Morgan fingerprint density at radius 1 is 0.962 bits per heavy atom. The van der Waals surface area contributed by atoms with Crippen LogP contribution in [-0.4, -0.2) is 41.4 Å². The molecule has 0 saturated heterocycles. The molecule has 0 bridgehead atoms. The first kappa shape index (κ1) is 39.6. The zero-order chi connectivity index (χ0) is 38.4. The number of hydrogen-bond donors (Lipinski definition) is 2. The molecule has 280 valence electrons. The molecule has 1 amide bonds. The average Bonchev–Trinajstić information content (AvgIpc) is 3.05. The molecule has 2 N–H and O–H groups in total. The van der Waals surface area contributed by atoms with Gasteiger partial charge in [-0.25, -0.2) is 9.78 Å². The summed E-state index contributed by atoms with van der Waals surface area (Å²) >= 11 is 0. The van der Waals surface area contributed by atoms with Crippen molar-refractivity contribution in [3.05, 3.63) is 82.0 Å². The van der Waals surface area contributed by atoms with Crippen molar-refractivity contribution >= 4 is 23.6 Å². The third-order valence-electron chi connectivity index (χ3n) is 8.07. The third-order valence-corrected chi connectivity index (χ3v) is 8.07. The Morgan fingerprint density at radius 3 is 2.19 bits per heavy atom. The van der Waals surface area contributed by atoms with Crippen LogP contribution in [0.25, 0.3) is 0 Å². The SMILES string of the molecule is CC[C@@H]1C[C@H](Nc2ncc(OCCCC#N)cc2Cc2cc(C(F)(F)F)cc(C(F)(F)F)c2)c2cc(C(F)(F)F)ccc2N1C(=O)OCCC(=O)O. The summed E-state index contributed by atoms with van der Waals surface area (Å²) in [6.07, 6.45) is -15.3. The molecule has 0 radical (unpaired) electrons. The zero-order valence-corrected chi connectivity index (χ0v) is 27.3. The fourth-order valence-electron chi connectivity index (χ4n) is 5.64. The normalized spacial score (nSPS) is 16.1. The third kappa shape index (κ3) is 9.98. The van der Waals surface area contributed by atoms with Gasteiger partial charge < -0.3 is 19.9 Å². The van der Waals surface area contributed by atoms with E-state index in [-0.39, 0.29) is 60.3 Å². The van der Waals surface area contributed by atoms with Crippen LogP contribution in [0.4, 0.5) is 55.8 Å². The first-order valence-electron chi connectivity index (χ1n) is 15.7. The zero-order valence-electron chi connectivity index (χ0n) is 27.3. The van der Waals surface area contributed by atoms with Crippen LogP contribution in [0.5, 0.6) is 5.75 Å². The van der Waals surface area contributed by atoms with Crippen molar-refractivity contribution in [3.63, 3.8) is 0 Å². The number of amides is 1. The maximum Gasteiger partial charge on any atom is 0.416 e. The van der Waals surface area contributed by atoms with E-state index in [0.29, 0.717) is 18.6 Å². The lowest BCUT2D eigenvalue weighted by atomic mass is 9.88. The van der Waals surface area contributed by atoms with Crippen LogP contribution in [0.2, 0.25) is 0 Å². The number of benzene rings is 2. The first-order chi connectivity index (χ1) is 24.3. The Hall–Kier alpha value is -5.21. The summed E-state index contributed by atoms with van der Waals surface area (Å²) in [5, 5.41) is 20.7. The number of aromatic nitrogens is 1. The highest BCUT2D eigenvalue weighted by Crippen LogP contribution is 2.44. The number of halogens is 9. The van der Waals surface area contributed by atoms with E-state index in [1.807, 2.05) is 6.07 Å². The van der Waals surface area contributed by atoms with Gasteiger partial charge in [0, 0.05) is 24.4 Å². The largest absolute Gasteiger partial charge is 0.492 e. The van der Waals surface area contributed by atoms with Gasteiger partial charge in [0.15, 0.2) is 0 Å². The molecule has 1 aromatic heterocycles. The predicted octanol–water partition coefficient (Wildman–Crippen LogP) is 9.16. The summed E-state index contributed by atoms with van der Waals surface area (Å²) in [7, 11) is 0. The number of ether oxygens (including phenoxy) is 2. The molecule has 0 aliphatic carbocycles. The number of aliphatic carboxylic acids is 1. The summed E-state index contributed by atoms with van der Waals surface area (Å²) in [6.45, 7) is 1.20. The highest BCUT2D eigenvalue weighted by atomic mass is 19.4. The molecule has 0 unspecified atom stereocenters. The second kappa shape index (κ2) is 16.0. The van der Waals surface area contributed by atoms with Gasteiger partial charge in [0.25, 0.3) is 0 Å². The predicted molar refractivity (Wildman–Crippen MR) is 166 cm³/mol. The van der Waals surface area contributed by atoms with Gasteiger partial charge in [-0.1, -0.05) is 6.92 Å². The molecule has 0 fully saturated rings. The number of fused-ring (bicyclic) bond motifs is 1. The molecule has 1 aliphatic heterocycles. The minimum absolute atomic E-state index is 0.00406. The molecule has 0 spiro atoms. The lowest BCUT2D eigenvalue weighted by Gasteiger charge is -2.40. The quantitative estimate of drug-likeness (QED) is 0.139. The fraction of sp³-hybridized carbons (Fsp3) is 0.412. The summed E-state index contributed by atoms with van der Waals surface area (Å²) in [4.78, 5) is 29.5. The number of carboxylic acid groups (broad SMARTS) is 1. The standard InChI is InChI=1S/C34H31F9N4O5/c1-2-24-17-27(26-16-21(32(35,36)37)5-6-28(26)47(24)31(50)52-10-7-29(48)49)46-30-20(14-25(18-45-30)51-9-4-3-8-44)11-19-12-22(33(38,39)40)15-23(13-19)34(41,42)43/h5-6,12-16,18,24,27H,2-4,7,9-11,17H2,1H3,(H,45,46)(H,48,49)/t24-,27+/m1/s1. The number of nitriles is 1. The van der Waals surface area contributed by atoms with Crippen LogP contribution in [0.15, 0.2) is 48.7 Å². The molecule has 3 aromatic rings. The molecule has 2 aromatic carbocycles. The number of pyridine rings is 1. The maximum atomic E-state index is 13.9.